The highest BCUT2D eigenvalue weighted by Crippen LogP contribution is 2.24. The third kappa shape index (κ3) is 4.54. The van der Waals surface area contributed by atoms with Crippen LogP contribution in [0.4, 0.5) is 6.01 Å². The molecular weight excluding hydrogens is 354 g/mol. The van der Waals surface area contributed by atoms with Crippen molar-refractivity contribution >= 4 is 23.7 Å². The van der Waals surface area contributed by atoms with Gasteiger partial charge in [-0.1, -0.05) is 11.2 Å². The SMILES string of the molecule is COc1ccc(SCC(=O)Nc2nnc(-c3cccc(OC)c3)o2)cc1. The second kappa shape index (κ2) is 8.39. The van der Waals surface area contributed by atoms with E-state index in [1.165, 1.54) is 11.8 Å². The molecule has 2 aromatic carbocycles. The van der Waals surface area contributed by atoms with Crippen molar-refractivity contribution in [3.05, 3.63) is 48.5 Å². The van der Waals surface area contributed by atoms with E-state index in [2.05, 4.69) is 15.5 Å². The molecule has 3 aromatic rings. The fourth-order valence-electron chi connectivity index (χ4n) is 2.12. The van der Waals surface area contributed by atoms with Gasteiger partial charge in [0, 0.05) is 10.5 Å². The van der Waals surface area contributed by atoms with E-state index in [1.54, 1.807) is 20.3 Å². The normalized spacial score (nSPS) is 10.4. The maximum Gasteiger partial charge on any atom is 0.322 e. The number of ether oxygens (including phenoxy) is 2. The van der Waals surface area contributed by atoms with Crippen LogP contribution in [0, 0.1) is 0 Å². The lowest BCUT2D eigenvalue weighted by Crippen LogP contribution is -2.14. The molecule has 7 nitrogen and oxygen atoms in total. The molecule has 0 bridgehead atoms. The van der Waals surface area contributed by atoms with Crippen LogP contribution >= 0.6 is 11.8 Å². The molecule has 0 aliphatic heterocycles. The number of benzene rings is 2. The van der Waals surface area contributed by atoms with Gasteiger partial charge in [-0.15, -0.1) is 16.9 Å². The van der Waals surface area contributed by atoms with Crippen molar-refractivity contribution in [2.75, 3.05) is 25.3 Å². The smallest absolute Gasteiger partial charge is 0.322 e. The van der Waals surface area contributed by atoms with E-state index in [0.29, 0.717) is 17.2 Å². The van der Waals surface area contributed by atoms with E-state index in [1.807, 2.05) is 42.5 Å². The molecule has 0 atom stereocenters. The molecule has 26 heavy (non-hydrogen) atoms. The third-order valence-corrected chi connectivity index (χ3v) is 4.43. The molecule has 0 radical (unpaired) electrons. The summed E-state index contributed by atoms with van der Waals surface area (Å²) in [5.74, 6) is 1.76. The number of aromatic nitrogens is 2. The highest BCUT2D eigenvalue weighted by atomic mass is 32.2. The Bertz CT molecular complexity index is 880. The average Bonchev–Trinajstić information content (AvgIpc) is 3.15. The third-order valence-electron chi connectivity index (χ3n) is 3.42. The number of nitrogens with zero attached hydrogens (tertiary/aromatic N) is 2. The molecule has 1 amide bonds. The van der Waals surface area contributed by atoms with Gasteiger partial charge in [0.25, 0.3) is 0 Å². The van der Waals surface area contributed by atoms with Crippen LogP contribution in [0.15, 0.2) is 57.8 Å². The molecule has 1 aromatic heterocycles. The quantitative estimate of drug-likeness (QED) is 0.636. The fourth-order valence-corrected chi connectivity index (χ4v) is 2.82. The molecular formula is C18H17N3O4S. The largest absolute Gasteiger partial charge is 0.497 e. The van der Waals surface area contributed by atoms with Gasteiger partial charge in [-0.05, 0) is 42.5 Å². The Kier molecular flexibility index (Phi) is 5.75. The lowest BCUT2D eigenvalue weighted by Gasteiger charge is -2.03. The average molecular weight is 371 g/mol. The number of methoxy groups -OCH3 is 2. The number of carbonyl (C=O) groups is 1. The van der Waals surface area contributed by atoms with E-state index in [0.717, 1.165) is 10.6 Å². The topological polar surface area (TPSA) is 86.5 Å². The predicted molar refractivity (Wildman–Crippen MR) is 98.6 cm³/mol. The molecule has 0 fully saturated rings. The molecule has 0 spiro atoms. The van der Waals surface area contributed by atoms with Crippen molar-refractivity contribution in [1.29, 1.82) is 0 Å². The standard InChI is InChI=1S/C18H17N3O4S/c1-23-13-6-8-15(9-7-13)26-11-16(22)19-18-21-20-17(25-18)12-4-3-5-14(10-12)24-2/h3-10H,11H2,1-2H3,(H,19,21,22). The first-order chi connectivity index (χ1) is 12.7. The van der Waals surface area contributed by atoms with Gasteiger partial charge in [0.15, 0.2) is 0 Å². The van der Waals surface area contributed by atoms with Crippen molar-refractivity contribution in [3.8, 4) is 23.0 Å². The number of anilines is 1. The van der Waals surface area contributed by atoms with E-state index in [-0.39, 0.29) is 17.7 Å². The fraction of sp³-hybridized carbons (Fsp3) is 0.167. The Morgan fingerprint density at radius 1 is 1.08 bits per heavy atom. The summed E-state index contributed by atoms with van der Waals surface area (Å²) < 4.78 is 15.8. The van der Waals surface area contributed by atoms with Crippen LogP contribution in [0.5, 0.6) is 11.5 Å². The number of carbonyl (C=O) groups excluding carboxylic acids is 1. The van der Waals surface area contributed by atoms with E-state index < -0.39 is 0 Å². The Hall–Kier alpha value is -3.00. The van der Waals surface area contributed by atoms with Gasteiger partial charge >= 0.3 is 6.01 Å². The monoisotopic (exact) mass is 371 g/mol. The molecule has 134 valence electrons. The zero-order valence-electron chi connectivity index (χ0n) is 14.3. The summed E-state index contributed by atoms with van der Waals surface area (Å²) >= 11 is 1.40. The van der Waals surface area contributed by atoms with E-state index in [4.69, 9.17) is 13.9 Å². The zero-order chi connectivity index (χ0) is 18.4. The number of thioether (sulfide) groups is 1. The minimum atomic E-state index is -0.230. The van der Waals surface area contributed by atoms with Crippen LogP contribution in [0.2, 0.25) is 0 Å². The second-order valence-corrected chi connectivity index (χ2v) is 6.21. The maximum absolute atomic E-state index is 12.1. The molecule has 1 N–H and O–H groups in total. The summed E-state index contributed by atoms with van der Waals surface area (Å²) in [6, 6.07) is 14.8. The summed E-state index contributed by atoms with van der Waals surface area (Å²) in [5, 5.41) is 10.4. The highest BCUT2D eigenvalue weighted by Gasteiger charge is 2.12. The number of hydrogen-bond donors (Lipinski definition) is 1. The molecule has 0 aliphatic rings. The van der Waals surface area contributed by atoms with Crippen molar-refractivity contribution in [2.24, 2.45) is 0 Å². The van der Waals surface area contributed by atoms with Crippen LogP contribution in [0.1, 0.15) is 0 Å². The Labute approximate surface area is 154 Å². The van der Waals surface area contributed by atoms with E-state index in [9.17, 15) is 4.79 Å². The molecule has 0 aliphatic carbocycles. The Morgan fingerprint density at radius 3 is 2.58 bits per heavy atom. The van der Waals surface area contributed by atoms with Gasteiger partial charge in [-0.2, -0.15) is 0 Å². The number of hydrogen-bond acceptors (Lipinski definition) is 7. The van der Waals surface area contributed by atoms with Gasteiger partial charge in [0.2, 0.25) is 11.8 Å². The first-order valence-electron chi connectivity index (χ1n) is 7.72. The van der Waals surface area contributed by atoms with Crippen LogP contribution in [-0.2, 0) is 4.79 Å². The summed E-state index contributed by atoms with van der Waals surface area (Å²) in [4.78, 5) is 13.0. The molecule has 8 heteroatoms. The minimum absolute atomic E-state index is 0.0585. The zero-order valence-corrected chi connectivity index (χ0v) is 15.1. The second-order valence-electron chi connectivity index (χ2n) is 5.16. The molecule has 1 heterocycles. The van der Waals surface area contributed by atoms with Crippen molar-refractivity contribution in [2.45, 2.75) is 4.90 Å². The molecule has 0 saturated heterocycles. The summed E-state index contributed by atoms with van der Waals surface area (Å²) in [7, 11) is 3.19. The Morgan fingerprint density at radius 2 is 1.85 bits per heavy atom. The van der Waals surface area contributed by atoms with Crippen LogP contribution in [-0.4, -0.2) is 36.1 Å². The number of amides is 1. The maximum atomic E-state index is 12.1. The lowest BCUT2D eigenvalue weighted by atomic mass is 10.2. The molecule has 3 rings (SSSR count). The van der Waals surface area contributed by atoms with Crippen LogP contribution in [0.3, 0.4) is 0 Å². The van der Waals surface area contributed by atoms with Gasteiger partial charge in [0.05, 0.1) is 20.0 Å². The Balaban J connectivity index is 1.56. The number of rotatable bonds is 7. The van der Waals surface area contributed by atoms with Gasteiger partial charge in [-0.3, -0.25) is 10.1 Å². The van der Waals surface area contributed by atoms with Crippen LogP contribution < -0.4 is 14.8 Å². The van der Waals surface area contributed by atoms with Crippen LogP contribution in [0.25, 0.3) is 11.5 Å². The first kappa shape index (κ1) is 17.8. The number of nitrogens with one attached hydrogen (secondary N) is 1. The predicted octanol–water partition coefficient (Wildman–Crippen LogP) is 3.48. The van der Waals surface area contributed by atoms with Gasteiger partial charge in [0.1, 0.15) is 11.5 Å². The lowest BCUT2D eigenvalue weighted by molar-refractivity contribution is -0.113. The van der Waals surface area contributed by atoms with Gasteiger partial charge < -0.3 is 13.9 Å². The highest BCUT2D eigenvalue weighted by molar-refractivity contribution is 8.00. The van der Waals surface area contributed by atoms with Gasteiger partial charge in [-0.25, -0.2) is 0 Å². The minimum Gasteiger partial charge on any atom is -0.497 e. The van der Waals surface area contributed by atoms with Crippen molar-refractivity contribution in [1.82, 2.24) is 10.2 Å². The summed E-state index contributed by atoms with van der Waals surface area (Å²) in [6.07, 6.45) is 0. The summed E-state index contributed by atoms with van der Waals surface area (Å²) in [6.45, 7) is 0. The van der Waals surface area contributed by atoms with Crippen molar-refractivity contribution < 1.29 is 18.7 Å². The van der Waals surface area contributed by atoms with E-state index >= 15 is 0 Å². The first-order valence-corrected chi connectivity index (χ1v) is 8.71. The molecule has 0 unspecified atom stereocenters. The van der Waals surface area contributed by atoms with Crippen molar-refractivity contribution in [3.63, 3.8) is 0 Å². The molecule has 0 saturated carbocycles. The summed E-state index contributed by atoms with van der Waals surface area (Å²) in [5.41, 5.74) is 0.713.